The van der Waals surface area contributed by atoms with Crippen LogP contribution < -0.4 is 0 Å². The van der Waals surface area contributed by atoms with Crippen molar-refractivity contribution in [3.63, 3.8) is 0 Å². The SMILES string of the molecule is Clc1cccc(-c2cnc(CCBr)o2)c1. The Hall–Kier alpha value is -0.800. The van der Waals surface area contributed by atoms with Crippen LogP contribution in [0.25, 0.3) is 11.3 Å². The Morgan fingerprint density at radius 1 is 1.40 bits per heavy atom. The number of oxazole rings is 1. The molecule has 0 aliphatic heterocycles. The lowest BCUT2D eigenvalue weighted by Gasteiger charge is -1.96. The summed E-state index contributed by atoms with van der Waals surface area (Å²) in [5.74, 6) is 1.50. The lowest BCUT2D eigenvalue weighted by molar-refractivity contribution is 0.515. The second kappa shape index (κ2) is 4.81. The van der Waals surface area contributed by atoms with Crippen LogP contribution in [0.1, 0.15) is 5.89 Å². The van der Waals surface area contributed by atoms with Crippen LogP contribution in [-0.2, 0) is 6.42 Å². The summed E-state index contributed by atoms with van der Waals surface area (Å²) in [7, 11) is 0. The van der Waals surface area contributed by atoms with Crippen molar-refractivity contribution in [1.29, 1.82) is 0 Å². The van der Waals surface area contributed by atoms with E-state index in [4.69, 9.17) is 16.0 Å². The topological polar surface area (TPSA) is 26.0 Å². The van der Waals surface area contributed by atoms with Gasteiger partial charge in [0, 0.05) is 22.3 Å². The number of aromatic nitrogens is 1. The minimum Gasteiger partial charge on any atom is -0.441 e. The first-order valence-corrected chi connectivity index (χ1v) is 6.06. The minimum absolute atomic E-state index is 0.700. The van der Waals surface area contributed by atoms with E-state index in [9.17, 15) is 0 Å². The number of nitrogens with zero attached hydrogens (tertiary/aromatic N) is 1. The van der Waals surface area contributed by atoms with Crippen molar-refractivity contribution in [2.75, 3.05) is 5.33 Å². The van der Waals surface area contributed by atoms with Crippen LogP contribution in [-0.4, -0.2) is 10.3 Å². The van der Waals surface area contributed by atoms with Gasteiger partial charge in [-0.3, -0.25) is 0 Å². The molecule has 0 atom stereocenters. The van der Waals surface area contributed by atoms with Crippen LogP contribution in [0.5, 0.6) is 0 Å². The van der Waals surface area contributed by atoms with E-state index < -0.39 is 0 Å². The standard InChI is InChI=1S/C11H9BrClNO/c12-5-4-11-14-7-10(15-11)8-2-1-3-9(13)6-8/h1-3,6-7H,4-5H2. The first kappa shape index (κ1) is 10.7. The lowest BCUT2D eigenvalue weighted by atomic mass is 10.2. The van der Waals surface area contributed by atoms with E-state index in [2.05, 4.69) is 20.9 Å². The molecule has 2 aromatic rings. The van der Waals surface area contributed by atoms with Crippen molar-refractivity contribution >= 4 is 27.5 Å². The third kappa shape index (κ3) is 2.61. The molecule has 1 aromatic carbocycles. The van der Waals surface area contributed by atoms with Crippen LogP contribution in [0.4, 0.5) is 0 Å². The molecular weight excluding hydrogens is 277 g/mol. The Kier molecular flexibility index (Phi) is 3.44. The third-order valence-electron chi connectivity index (χ3n) is 1.97. The molecule has 2 nitrogen and oxygen atoms in total. The summed E-state index contributed by atoms with van der Waals surface area (Å²) >= 11 is 9.24. The highest BCUT2D eigenvalue weighted by Gasteiger charge is 2.05. The summed E-state index contributed by atoms with van der Waals surface area (Å²) in [4.78, 5) is 4.17. The summed E-state index contributed by atoms with van der Waals surface area (Å²) in [5, 5.41) is 1.55. The Bertz CT molecular complexity index is 455. The summed E-state index contributed by atoms with van der Waals surface area (Å²) < 4.78 is 5.57. The highest BCUT2D eigenvalue weighted by Crippen LogP contribution is 2.23. The van der Waals surface area contributed by atoms with E-state index in [1.54, 1.807) is 6.20 Å². The molecule has 0 amide bonds. The molecule has 1 heterocycles. The fraction of sp³-hybridized carbons (Fsp3) is 0.182. The van der Waals surface area contributed by atoms with Crippen molar-refractivity contribution in [3.8, 4) is 11.3 Å². The van der Waals surface area contributed by atoms with Crippen molar-refractivity contribution in [3.05, 3.63) is 41.4 Å². The van der Waals surface area contributed by atoms with E-state index in [0.717, 1.165) is 29.0 Å². The molecule has 0 saturated heterocycles. The third-order valence-corrected chi connectivity index (χ3v) is 2.60. The molecule has 0 radical (unpaired) electrons. The molecule has 0 aliphatic carbocycles. The van der Waals surface area contributed by atoms with Crippen molar-refractivity contribution < 1.29 is 4.42 Å². The number of hydrogen-bond donors (Lipinski definition) is 0. The van der Waals surface area contributed by atoms with E-state index in [1.165, 1.54) is 0 Å². The Balaban J connectivity index is 2.29. The molecule has 78 valence electrons. The van der Waals surface area contributed by atoms with Gasteiger partial charge in [-0.05, 0) is 12.1 Å². The van der Waals surface area contributed by atoms with E-state index in [0.29, 0.717) is 5.02 Å². The zero-order valence-corrected chi connectivity index (χ0v) is 10.3. The summed E-state index contributed by atoms with van der Waals surface area (Å²) in [6, 6.07) is 7.54. The van der Waals surface area contributed by atoms with Gasteiger partial charge in [0.2, 0.25) is 0 Å². The molecule has 4 heteroatoms. The van der Waals surface area contributed by atoms with E-state index in [1.807, 2.05) is 24.3 Å². The largest absolute Gasteiger partial charge is 0.441 e. The number of benzene rings is 1. The maximum atomic E-state index is 5.89. The zero-order valence-electron chi connectivity index (χ0n) is 7.91. The van der Waals surface area contributed by atoms with Crippen molar-refractivity contribution in [2.24, 2.45) is 0 Å². The zero-order chi connectivity index (χ0) is 10.7. The highest BCUT2D eigenvalue weighted by atomic mass is 79.9. The van der Waals surface area contributed by atoms with Gasteiger partial charge < -0.3 is 4.42 Å². The van der Waals surface area contributed by atoms with Crippen molar-refractivity contribution in [1.82, 2.24) is 4.98 Å². The smallest absolute Gasteiger partial charge is 0.195 e. The van der Waals surface area contributed by atoms with Crippen LogP contribution >= 0.6 is 27.5 Å². The van der Waals surface area contributed by atoms with Crippen LogP contribution in [0.3, 0.4) is 0 Å². The number of halogens is 2. The van der Waals surface area contributed by atoms with Crippen molar-refractivity contribution in [2.45, 2.75) is 6.42 Å². The fourth-order valence-electron chi connectivity index (χ4n) is 1.28. The normalized spacial score (nSPS) is 10.5. The fourth-order valence-corrected chi connectivity index (χ4v) is 1.81. The van der Waals surface area contributed by atoms with Crippen LogP contribution in [0, 0.1) is 0 Å². The van der Waals surface area contributed by atoms with Gasteiger partial charge in [0.1, 0.15) is 0 Å². The second-order valence-corrected chi connectivity index (χ2v) is 4.30. The molecule has 2 rings (SSSR count). The molecular formula is C11H9BrClNO. The number of aryl methyl sites for hydroxylation is 1. The predicted octanol–water partition coefficient (Wildman–Crippen LogP) is 3.93. The molecule has 0 aliphatic rings. The quantitative estimate of drug-likeness (QED) is 0.799. The number of alkyl halides is 1. The molecule has 1 aromatic heterocycles. The van der Waals surface area contributed by atoms with Gasteiger partial charge in [0.05, 0.1) is 6.20 Å². The van der Waals surface area contributed by atoms with Gasteiger partial charge in [-0.2, -0.15) is 0 Å². The highest BCUT2D eigenvalue weighted by molar-refractivity contribution is 9.09. The maximum absolute atomic E-state index is 5.89. The van der Waals surface area contributed by atoms with Gasteiger partial charge in [-0.15, -0.1) is 0 Å². The average Bonchev–Trinajstić information content (AvgIpc) is 2.67. The summed E-state index contributed by atoms with van der Waals surface area (Å²) in [6.45, 7) is 0. The lowest BCUT2D eigenvalue weighted by Crippen LogP contribution is -1.82. The maximum Gasteiger partial charge on any atom is 0.195 e. The Morgan fingerprint density at radius 2 is 2.27 bits per heavy atom. The van der Waals surface area contributed by atoms with Crippen LogP contribution in [0.2, 0.25) is 5.02 Å². The molecule has 0 bridgehead atoms. The first-order chi connectivity index (χ1) is 7.29. The van der Waals surface area contributed by atoms with E-state index in [-0.39, 0.29) is 0 Å². The minimum atomic E-state index is 0.700. The average molecular weight is 287 g/mol. The predicted molar refractivity (Wildman–Crippen MR) is 64.4 cm³/mol. The van der Waals surface area contributed by atoms with Gasteiger partial charge in [0.25, 0.3) is 0 Å². The Labute approximate surface area is 101 Å². The molecule has 0 unspecified atom stereocenters. The summed E-state index contributed by atoms with van der Waals surface area (Å²) in [6.07, 6.45) is 2.52. The molecule has 0 N–H and O–H groups in total. The van der Waals surface area contributed by atoms with Crippen LogP contribution in [0.15, 0.2) is 34.9 Å². The van der Waals surface area contributed by atoms with Gasteiger partial charge in [-0.1, -0.05) is 39.7 Å². The number of rotatable bonds is 3. The van der Waals surface area contributed by atoms with E-state index >= 15 is 0 Å². The monoisotopic (exact) mass is 285 g/mol. The van der Waals surface area contributed by atoms with Gasteiger partial charge in [0.15, 0.2) is 11.7 Å². The second-order valence-electron chi connectivity index (χ2n) is 3.07. The molecule has 15 heavy (non-hydrogen) atoms. The molecule has 0 saturated carbocycles. The Morgan fingerprint density at radius 3 is 3.00 bits per heavy atom. The van der Waals surface area contributed by atoms with Gasteiger partial charge in [-0.25, -0.2) is 4.98 Å². The molecule has 0 spiro atoms. The summed E-state index contributed by atoms with van der Waals surface area (Å²) in [5.41, 5.74) is 0.954. The number of hydrogen-bond acceptors (Lipinski definition) is 2. The first-order valence-electron chi connectivity index (χ1n) is 4.56. The van der Waals surface area contributed by atoms with Gasteiger partial charge >= 0.3 is 0 Å². The molecule has 0 fully saturated rings.